The highest BCUT2D eigenvalue weighted by Crippen LogP contribution is 2.20. The number of rotatable bonds is 4. The highest BCUT2D eigenvalue weighted by Gasteiger charge is 2.26. The Morgan fingerprint density at radius 3 is 2.44 bits per heavy atom. The van der Waals surface area contributed by atoms with Crippen LogP contribution in [0.15, 0.2) is 22.7 Å². The normalized spacial score (nSPS) is 11.8. The first kappa shape index (κ1) is 13.4. The molecule has 1 aromatic rings. The third-order valence-corrected chi connectivity index (χ3v) is 2.18. The van der Waals surface area contributed by atoms with Gasteiger partial charge in [-0.3, -0.25) is 0 Å². The molecule has 16 heavy (non-hydrogen) atoms. The Morgan fingerprint density at radius 1 is 1.19 bits per heavy atom. The predicted molar refractivity (Wildman–Crippen MR) is 54.4 cm³/mol. The Hall–Kier alpha value is -0.620. The molecule has 1 aromatic carbocycles. The van der Waals surface area contributed by atoms with Crippen molar-refractivity contribution in [3.05, 3.63) is 34.1 Å². The fourth-order valence-electron chi connectivity index (χ4n) is 1.07. The van der Waals surface area contributed by atoms with Crippen LogP contribution in [0.1, 0.15) is 12.0 Å². The van der Waals surface area contributed by atoms with Crippen LogP contribution in [0.2, 0.25) is 0 Å². The smallest absolute Gasteiger partial charge is 0.376 e. The molecule has 0 atom stereocenters. The molecule has 0 amide bonds. The van der Waals surface area contributed by atoms with Crippen LogP contribution in [0.3, 0.4) is 0 Å². The third-order valence-electron chi connectivity index (χ3n) is 1.72. The molecule has 0 aliphatic rings. The molecule has 90 valence electrons. The summed E-state index contributed by atoms with van der Waals surface area (Å²) in [7, 11) is 0. The zero-order chi connectivity index (χ0) is 12.2. The molecule has 0 radical (unpaired) electrons. The Labute approximate surface area is 98.5 Å². The molecular formula is C10H9BrF4O. The van der Waals surface area contributed by atoms with Gasteiger partial charge in [-0.25, -0.2) is 4.39 Å². The summed E-state index contributed by atoms with van der Waals surface area (Å²) in [6.45, 7) is -0.454. The minimum atomic E-state index is -4.22. The molecule has 0 heterocycles. The molecule has 0 unspecified atom stereocenters. The van der Waals surface area contributed by atoms with Gasteiger partial charge in [0.05, 0.1) is 19.6 Å². The maximum absolute atomic E-state index is 12.9. The maximum atomic E-state index is 12.9. The van der Waals surface area contributed by atoms with Crippen LogP contribution in [0.5, 0.6) is 0 Å². The number of halogens is 5. The van der Waals surface area contributed by atoms with Gasteiger partial charge in [0.15, 0.2) is 0 Å². The first-order chi connectivity index (χ1) is 7.37. The standard InChI is InChI=1S/C10H9BrF4O/c11-8-3-7(4-9(12)5-8)6-16-2-1-10(13,14)15/h3-5H,1-2,6H2. The van der Waals surface area contributed by atoms with Gasteiger partial charge < -0.3 is 4.74 Å². The highest BCUT2D eigenvalue weighted by molar-refractivity contribution is 9.10. The van der Waals surface area contributed by atoms with Crippen molar-refractivity contribution in [3.8, 4) is 0 Å². The molecule has 0 aliphatic carbocycles. The summed E-state index contributed by atoms with van der Waals surface area (Å²) in [6, 6.07) is 4.08. The molecule has 1 nitrogen and oxygen atoms in total. The summed E-state index contributed by atoms with van der Waals surface area (Å²) < 4.78 is 53.5. The second-order valence-electron chi connectivity index (χ2n) is 3.20. The lowest BCUT2D eigenvalue weighted by atomic mass is 10.2. The van der Waals surface area contributed by atoms with Gasteiger partial charge >= 0.3 is 6.18 Å². The molecule has 0 aromatic heterocycles. The zero-order valence-corrected chi connectivity index (χ0v) is 9.74. The van der Waals surface area contributed by atoms with E-state index >= 15 is 0 Å². The number of hydrogen-bond acceptors (Lipinski definition) is 1. The molecule has 0 spiro atoms. The second kappa shape index (κ2) is 5.63. The molecule has 0 saturated heterocycles. The van der Waals surface area contributed by atoms with E-state index in [0.29, 0.717) is 10.0 Å². The van der Waals surface area contributed by atoms with Gasteiger partial charge in [0.25, 0.3) is 0 Å². The van der Waals surface area contributed by atoms with Crippen LogP contribution in [-0.2, 0) is 11.3 Å². The van der Waals surface area contributed by atoms with Crippen LogP contribution < -0.4 is 0 Å². The minimum Gasteiger partial charge on any atom is -0.376 e. The van der Waals surface area contributed by atoms with E-state index in [4.69, 9.17) is 4.74 Å². The summed E-state index contributed by atoms with van der Waals surface area (Å²) in [5.74, 6) is -0.455. The van der Waals surface area contributed by atoms with Gasteiger partial charge in [-0.15, -0.1) is 0 Å². The van der Waals surface area contributed by atoms with Gasteiger partial charge in [-0.05, 0) is 23.8 Å². The Balaban J connectivity index is 2.37. The monoisotopic (exact) mass is 300 g/mol. The number of hydrogen-bond donors (Lipinski definition) is 0. The van der Waals surface area contributed by atoms with Crippen molar-refractivity contribution in [2.75, 3.05) is 6.61 Å². The molecule has 0 bridgehead atoms. The van der Waals surface area contributed by atoms with E-state index in [0.717, 1.165) is 0 Å². The van der Waals surface area contributed by atoms with E-state index < -0.39 is 25.0 Å². The maximum Gasteiger partial charge on any atom is 0.391 e. The van der Waals surface area contributed by atoms with Crippen molar-refractivity contribution >= 4 is 15.9 Å². The van der Waals surface area contributed by atoms with E-state index in [1.165, 1.54) is 12.1 Å². The molecule has 1 rings (SSSR count). The minimum absolute atomic E-state index is 0.0353. The van der Waals surface area contributed by atoms with E-state index in [-0.39, 0.29) is 6.61 Å². The first-order valence-electron chi connectivity index (χ1n) is 4.46. The van der Waals surface area contributed by atoms with Crippen LogP contribution in [0.4, 0.5) is 17.6 Å². The van der Waals surface area contributed by atoms with Gasteiger partial charge in [0.1, 0.15) is 5.82 Å². The fraction of sp³-hybridized carbons (Fsp3) is 0.400. The summed E-state index contributed by atoms with van der Waals surface area (Å²) >= 11 is 3.08. The van der Waals surface area contributed by atoms with Crippen molar-refractivity contribution in [2.45, 2.75) is 19.2 Å². The highest BCUT2D eigenvalue weighted by atomic mass is 79.9. The van der Waals surface area contributed by atoms with Crippen molar-refractivity contribution < 1.29 is 22.3 Å². The summed E-state index contributed by atoms with van der Waals surface area (Å²) in [4.78, 5) is 0. The summed E-state index contributed by atoms with van der Waals surface area (Å²) in [6.07, 6.45) is -5.22. The largest absolute Gasteiger partial charge is 0.391 e. The second-order valence-corrected chi connectivity index (χ2v) is 4.11. The predicted octanol–water partition coefficient (Wildman–Crippen LogP) is 4.06. The molecule has 0 fully saturated rings. The summed E-state index contributed by atoms with van der Waals surface area (Å²) in [5, 5.41) is 0. The van der Waals surface area contributed by atoms with Crippen molar-refractivity contribution in [3.63, 3.8) is 0 Å². The topological polar surface area (TPSA) is 9.23 Å². The molecule has 0 aliphatic heterocycles. The Kier molecular flexibility index (Phi) is 4.73. The molecule has 0 N–H and O–H groups in total. The summed E-state index contributed by atoms with van der Waals surface area (Å²) in [5.41, 5.74) is 0.494. The van der Waals surface area contributed by atoms with E-state index in [2.05, 4.69) is 15.9 Å². The lowest BCUT2D eigenvalue weighted by molar-refractivity contribution is -0.146. The van der Waals surface area contributed by atoms with Gasteiger partial charge in [-0.1, -0.05) is 15.9 Å². The lowest BCUT2D eigenvalue weighted by Crippen LogP contribution is -2.11. The van der Waals surface area contributed by atoms with Gasteiger partial charge in [0.2, 0.25) is 0 Å². The number of benzene rings is 1. The third kappa shape index (κ3) is 5.46. The fourth-order valence-corrected chi connectivity index (χ4v) is 1.58. The average Bonchev–Trinajstić information content (AvgIpc) is 2.09. The van der Waals surface area contributed by atoms with E-state index in [1.807, 2.05) is 0 Å². The van der Waals surface area contributed by atoms with E-state index in [9.17, 15) is 17.6 Å². The Morgan fingerprint density at radius 2 is 1.88 bits per heavy atom. The molecule has 0 saturated carbocycles. The van der Waals surface area contributed by atoms with Gasteiger partial charge in [0, 0.05) is 4.47 Å². The lowest BCUT2D eigenvalue weighted by Gasteiger charge is -2.07. The number of ether oxygens (including phenoxy) is 1. The van der Waals surface area contributed by atoms with Crippen molar-refractivity contribution in [2.24, 2.45) is 0 Å². The van der Waals surface area contributed by atoms with Crippen LogP contribution >= 0.6 is 15.9 Å². The quantitative estimate of drug-likeness (QED) is 0.602. The van der Waals surface area contributed by atoms with Crippen LogP contribution in [0, 0.1) is 5.82 Å². The zero-order valence-electron chi connectivity index (χ0n) is 8.15. The van der Waals surface area contributed by atoms with Crippen LogP contribution in [0.25, 0.3) is 0 Å². The molecule has 6 heteroatoms. The van der Waals surface area contributed by atoms with Gasteiger partial charge in [-0.2, -0.15) is 13.2 Å². The van der Waals surface area contributed by atoms with Crippen LogP contribution in [-0.4, -0.2) is 12.8 Å². The SMILES string of the molecule is Fc1cc(Br)cc(COCCC(F)(F)F)c1. The Bertz CT molecular complexity index is 331. The van der Waals surface area contributed by atoms with Crippen molar-refractivity contribution in [1.82, 2.24) is 0 Å². The molecular weight excluding hydrogens is 292 g/mol. The van der Waals surface area contributed by atoms with Crippen molar-refractivity contribution in [1.29, 1.82) is 0 Å². The van der Waals surface area contributed by atoms with E-state index in [1.54, 1.807) is 6.07 Å². The average molecular weight is 301 g/mol. The number of alkyl halides is 3. The first-order valence-corrected chi connectivity index (χ1v) is 5.25.